The molecule has 1 heterocycles. The predicted molar refractivity (Wildman–Crippen MR) is 54.5 cm³/mol. The molecule has 0 fully saturated rings. The third-order valence-electron chi connectivity index (χ3n) is 1.82. The summed E-state index contributed by atoms with van der Waals surface area (Å²) in [4.78, 5) is 6.15. The molecule has 72 valence electrons. The van der Waals surface area contributed by atoms with E-state index in [-0.39, 0.29) is 6.04 Å². The summed E-state index contributed by atoms with van der Waals surface area (Å²) in [7, 11) is 4.06. The summed E-state index contributed by atoms with van der Waals surface area (Å²) in [6, 6.07) is 4.19. The number of aromatic nitrogens is 1. The lowest BCUT2D eigenvalue weighted by Crippen LogP contribution is -2.34. The van der Waals surface area contributed by atoms with E-state index in [1.807, 2.05) is 26.4 Å². The Hall–Kier alpha value is -0.930. The van der Waals surface area contributed by atoms with E-state index in [9.17, 15) is 0 Å². The maximum Gasteiger partial charge on any atom is 0.0300 e. The smallest absolute Gasteiger partial charge is 0.0300 e. The van der Waals surface area contributed by atoms with Gasteiger partial charge in [0, 0.05) is 25.0 Å². The molecule has 1 atom stereocenters. The average Bonchev–Trinajstić information content (AvgIpc) is 2.04. The van der Waals surface area contributed by atoms with Crippen LogP contribution in [0.1, 0.15) is 5.56 Å². The molecule has 1 rings (SSSR count). The Kier molecular flexibility index (Phi) is 3.86. The average molecular weight is 179 g/mol. The lowest BCUT2D eigenvalue weighted by Gasteiger charge is -2.16. The van der Waals surface area contributed by atoms with E-state index in [0.29, 0.717) is 0 Å². The first kappa shape index (κ1) is 10.2. The molecular formula is C10H17N3. The number of likely N-dealkylation sites (N-methyl/N-ethyl adjacent to an activating group) is 1. The molecule has 0 radical (unpaired) electrons. The van der Waals surface area contributed by atoms with Crippen LogP contribution in [0.25, 0.3) is 0 Å². The number of hydrogen-bond donors (Lipinski definition) is 1. The van der Waals surface area contributed by atoms with Crippen molar-refractivity contribution in [3.8, 4) is 0 Å². The van der Waals surface area contributed by atoms with Crippen molar-refractivity contribution < 1.29 is 0 Å². The molecule has 0 aliphatic rings. The van der Waals surface area contributed by atoms with Gasteiger partial charge >= 0.3 is 0 Å². The van der Waals surface area contributed by atoms with Gasteiger partial charge in [-0.25, -0.2) is 0 Å². The van der Waals surface area contributed by atoms with Crippen molar-refractivity contribution in [1.82, 2.24) is 9.88 Å². The van der Waals surface area contributed by atoms with E-state index >= 15 is 0 Å². The van der Waals surface area contributed by atoms with Gasteiger partial charge in [0.1, 0.15) is 0 Å². The quantitative estimate of drug-likeness (QED) is 0.732. The molecule has 3 heteroatoms. The fourth-order valence-corrected chi connectivity index (χ4v) is 1.36. The molecule has 0 aromatic carbocycles. The molecule has 0 aliphatic heterocycles. The maximum absolute atomic E-state index is 5.94. The summed E-state index contributed by atoms with van der Waals surface area (Å²) in [6.07, 6.45) is 4.54. The highest BCUT2D eigenvalue weighted by Gasteiger charge is 2.04. The van der Waals surface area contributed by atoms with E-state index < -0.39 is 0 Å². The summed E-state index contributed by atoms with van der Waals surface area (Å²) >= 11 is 0. The molecule has 1 aromatic rings. The third-order valence-corrected chi connectivity index (χ3v) is 1.82. The zero-order chi connectivity index (χ0) is 9.68. The second-order valence-electron chi connectivity index (χ2n) is 3.59. The van der Waals surface area contributed by atoms with Crippen LogP contribution in [0.4, 0.5) is 0 Å². The molecular weight excluding hydrogens is 162 g/mol. The van der Waals surface area contributed by atoms with Crippen LogP contribution in [-0.4, -0.2) is 36.6 Å². The van der Waals surface area contributed by atoms with E-state index in [0.717, 1.165) is 13.0 Å². The molecule has 0 bridgehead atoms. The van der Waals surface area contributed by atoms with Crippen molar-refractivity contribution in [2.75, 3.05) is 20.6 Å². The van der Waals surface area contributed by atoms with Crippen LogP contribution in [-0.2, 0) is 6.42 Å². The lowest BCUT2D eigenvalue weighted by molar-refractivity contribution is 0.371. The molecule has 0 aliphatic carbocycles. The molecule has 1 aromatic heterocycles. The first-order valence-electron chi connectivity index (χ1n) is 4.47. The number of rotatable bonds is 4. The molecule has 13 heavy (non-hydrogen) atoms. The Balaban J connectivity index is 2.41. The molecule has 0 amide bonds. The van der Waals surface area contributed by atoms with Gasteiger partial charge in [0.15, 0.2) is 0 Å². The van der Waals surface area contributed by atoms with Crippen LogP contribution in [0.2, 0.25) is 0 Å². The minimum absolute atomic E-state index is 0.194. The van der Waals surface area contributed by atoms with Crippen molar-refractivity contribution in [1.29, 1.82) is 0 Å². The summed E-state index contributed by atoms with van der Waals surface area (Å²) in [5, 5.41) is 0. The summed E-state index contributed by atoms with van der Waals surface area (Å²) in [5.41, 5.74) is 7.14. The second kappa shape index (κ2) is 4.94. The van der Waals surface area contributed by atoms with Gasteiger partial charge < -0.3 is 10.6 Å². The van der Waals surface area contributed by atoms with Gasteiger partial charge in [0.05, 0.1) is 0 Å². The molecule has 2 N–H and O–H groups in total. The van der Waals surface area contributed by atoms with Gasteiger partial charge in [0.25, 0.3) is 0 Å². The van der Waals surface area contributed by atoms with Crippen LogP contribution < -0.4 is 5.73 Å². The van der Waals surface area contributed by atoms with Gasteiger partial charge in [-0.15, -0.1) is 0 Å². The minimum Gasteiger partial charge on any atom is -0.326 e. The Morgan fingerprint density at radius 1 is 1.54 bits per heavy atom. The zero-order valence-corrected chi connectivity index (χ0v) is 8.27. The number of nitrogens with zero attached hydrogens (tertiary/aromatic N) is 2. The molecule has 0 spiro atoms. The Morgan fingerprint density at radius 2 is 2.31 bits per heavy atom. The Morgan fingerprint density at radius 3 is 2.85 bits per heavy atom. The van der Waals surface area contributed by atoms with Crippen molar-refractivity contribution in [2.24, 2.45) is 5.73 Å². The van der Waals surface area contributed by atoms with E-state index in [1.54, 1.807) is 6.20 Å². The third kappa shape index (κ3) is 4.01. The van der Waals surface area contributed by atoms with Gasteiger partial charge in [-0.1, -0.05) is 6.07 Å². The Labute approximate surface area is 79.6 Å². The monoisotopic (exact) mass is 179 g/mol. The van der Waals surface area contributed by atoms with Crippen LogP contribution in [0, 0.1) is 0 Å². The highest BCUT2D eigenvalue weighted by molar-refractivity contribution is 5.09. The summed E-state index contributed by atoms with van der Waals surface area (Å²) in [5.74, 6) is 0. The largest absolute Gasteiger partial charge is 0.326 e. The van der Waals surface area contributed by atoms with Crippen molar-refractivity contribution in [2.45, 2.75) is 12.5 Å². The summed E-state index contributed by atoms with van der Waals surface area (Å²) < 4.78 is 0. The van der Waals surface area contributed by atoms with Gasteiger partial charge in [-0.3, -0.25) is 4.98 Å². The first-order chi connectivity index (χ1) is 6.18. The highest BCUT2D eigenvalue weighted by Crippen LogP contribution is 1.99. The van der Waals surface area contributed by atoms with Crippen LogP contribution in [0.3, 0.4) is 0 Å². The van der Waals surface area contributed by atoms with Crippen molar-refractivity contribution in [3.05, 3.63) is 30.1 Å². The van der Waals surface area contributed by atoms with Crippen molar-refractivity contribution in [3.63, 3.8) is 0 Å². The van der Waals surface area contributed by atoms with Gasteiger partial charge in [-0.2, -0.15) is 0 Å². The van der Waals surface area contributed by atoms with Gasteiger partial charge in [0.2, 0.25) is 0 Å². The van der Waals surface area contributed by atoms with E-state index in [2.05, 4.69) is 16.0 Å². The SMILES string of the molecule is CN(C)CC(N)Cc1cccnc1. The Bertz CT molecular complexity index is 233. The van der Waals surface area contributed by atoms with Crippen LogP contribution >= 0.6 is 0 Å². The fourth-order valence-electron chi connectivity index (χ4n) is 1.36. The molecule has 3 nitrogen and oxygen atoms in total. The zero-order valence-electron chi connectivity index (χ0n) is 8.27. The molecule has 0 saturated heterocycles. The van der Waals surface area contributed by atoms with Crippen LogP contribution in [0.15, 0.2) is 24.5 Å². The molecule has 1 unspecified atom stereocenters. The van der Waals surface area contributed by atoms with E-state index in [4.69, 9.17) is 5.73 Å². The lowest BCUT2D eigenvalue weighted by atomic mass is 10.1. The standard InChI is InChI=1S/C10H17N3/c1-13(2)8-10(11)6-9-4-3-5-12-7-9/h3-5,7,10H,6,8,11H2,1-2H3. The minimum atomic E-state index is 0.194. The fraction of sp³-hybridized carbons (Fsp3) is 0.500. The first-order valence-corrected chi connectivity index (χ1v) is 4.47. The normalized spacial score (nSPS) is 13.2. The predicted octanol–water partition coefficient (Wildman–Crippen LogP) is 0.513. The van der Waals surface area contributed by atoms with Crippen molar-refractivity contribution >= 4 is 0 Å². The van der Waals surface area contributed by atoms with E-state index in [1.165, 1.54) is 5.56 Å². The topological polar surface area (TPSA) is 42.1 Å². The number of pyridine rings is 1. The molecule has 0 saturated carbocycles. The van der Waals surface area contributed by atoms with Crippen LogP contribution in [0.5, 0.6) is 0 Å². The number of hydrogen-bond acceptors (Lipinski definition) is 3. The maximum atomic E-state index is 5.94. The summed E-state index contributed by atoms with van der Waals surface area (Å²) in [6.45, 7) is 0.912. The second-order valence-corrected chi connectivity index (χ2v) is 3.59. The highest BCUT2D eigenvalue weighted by atomic mass is 15.1. The number of nitrogens with two attached hydrogens (primary N) is 1. The van der Waals surface area contributed by atoms with Gasteiger partial charge in [-0.05, 0) is 32.1 Å².